The number of ether oxygens (including phenoxy) is 1. The van der Waals surface area contributed by atoms with Gasteiger partial charge in [-0.3, -0.25) is 14.5 Å². The first-order valence-corrected chi connectivity index (χ1v) is 7.06. The van der Waals surface area contributed by atoms with Crippen LogP contribution in [0, 0.1) is 0 Å². The molecule has 7 heteroatoms. The molecular formula is C13H18BrN3O3. The van der Waals surface area contributed by atoms with E-state index >= 15 is 0 Å². The van der Waals surface area contributed by atoms with Crippen LogP contribution in [0.2, 0.25) is 0 Å². The molecule has 110 valence electrons. The number of carbonyl (C=O) groups excluding carboxylic acids is 2. The fourth-order valence-corrected chi connectivity index (χ4v) is 1.71. The maximum absolute atomic E-state index is 11.8. The Morgan fingerprint density at radius 2 is 2.20 bits per heavy atom. The summed E-state index contributed by atoms with van der Waals surface area (Å²) in [7, 11) is 1.77. The topological polar surface area (TPSA) is 71.5 Å². The quantitative estimate of drug-likeness (QED) is 0.762. The van der Waals surface area contributed by atoms with Crippen molar-refractivity contribution in [3.8, 4) is 0 Å². The van der Waals surface area contributed by atoms with Crippen LogP contribution in [0.5, 0.6) is 0 Å². The molecule has 0 aliphatic carbocycles. The number of nitrogens with one attached hydrogen (secondary N) is 1. The lowest BCUT2D eigenvalue weighted by Crippen LogP contribution is -2.32. The summed E-state index contributed by atoms with van der Waals surface area (Å²) in [5.41, 5.74) is 0. The van der Waals surface area contributed by atoms with Gasteiger partial charge in [0.25, 0.3) is 0 Å². The third kappa shape index (κ3) is 6.63. The molecule has 0 saturated heterocycles. The SMILES string of the molecule is CCOC(=O)CCN(C)CC(=O)Nc1ccc(Br)cn1. The van der Waals surface area contributed by atoms with E-state index < -0.39 is 0 Å². The molecule has 1 aromatic heterocycles. The Morgan fingerprint density at radius 1 is 1.45 bits per heavy atom. The molecule has 0 aliphatic rings. The largest absolute Gasteiger partial charge is 0.466 e. The van der Waals surface area contributed by atoms with Crippen LogP contribution >= 0.6 is 15.9 Å². The zero-order chi connectivity index (χ0) is 15.0. The fourth-order valence-electron chi connectivity index (χ4n) is 1.47. The van der Waals surface area contributed by atoms with Crippen LogP contribution in [-0.2, 0) is 14.3 Å². The Labute approximate surface area is 126 Å². The summed E-state index contributed by atoms with van der Waals surface area (Å²) < 4.78 is 5.67. The average Bonchev–Trinajstić information content (AvgIpc) is 2.39. The van der Waals surface area contributed by atoms with Gasteiger partial charge in [0.1, 0.15) is 5.82 Å². The van der Waals surface area contributed by atoms with Gasteiger partial charge >= 0.3 is 5.97 Å². The highest BCUT2D eigenvalue weighted by molar-refractivity contribution is 9.10. The van der Waals surface area contributed by atoms with Gasteiger partial charge in [0.05, 0.1) is 19.6 Å². The Balaban J connectivity index is 2.30. The first-order chi connectivity index (χ1) is 9.51. The normalized spacial score (nSPS) is 10.4. The van der Waals surface area contributed by atoms with Crippen LogP contribution < -0.4 is 5.32 Å². The Kier molecular flexibility index (Phi) is 7.17. The molecule has 1 rings (SSSR count). The second kappa shape index (κ2) is 8.65. The number of amides is 1. The van der Waals surface area contributed by atoms with Crippen molar-refractivity contribution in [2.24, 2.45) is 0 Å². The zero-order valence-corrected chi connectivity index (χ0v) is 13.1. The highest BCUT2D eigenvalue weighted by Gasteiger charge is 2.09. The summed E-state index contributed by atoms with van der Waals surface area (Å²) in [6, 6.07) is 3.51. The van der Waals surface area contributed by atoms with Crippen molar-refractivity contribution in [2.45, 2.75) is 13.3 Å². The van der Waals surface area contributed by atoms with Gasteiger partial charge in [0.15, 0.2) is 0 Å². The Hall–Kier alpha value is -1.47. The summed E-state index contributed by atoms with van der Waals surface area (Å²) in [4.78, 5) is 28.8. The molecule has 0 spiro atoms. The molecule has 0 unspecified atom stereocenters. The monoisotopic (exact) mass is 343 g/mol. The van der Waals surface area contributed by atoms with Crippen LogP contribution in [0.25, 0.3) is 0 Å². The number of hydrogen-bond acceptors (Lipinski definition) is 5. The van der Waals surface area contributed by atoms with Crippen molar-refractivity contribution in [2.75, 3.05) is 32.1 Å². The number of esters is 1. The molecule has 0 fully saturated rings. The van der Waals surface area contributed by atoms with Gasteiger partial charge in [-0.1, -0.05) is 0 Å². The number of halogens is 1. The Morgan fingerprint density at radius 3 is 2.80 bits per heavy atom. The van der Waals surface area contributed by atoms with Gasteiger partial charge in [-0.05, 0) is 42.0 Å². The predicted octanol–water partition coefficient (Wildman–Crippen LogP) is 1.67. The average molecular weight is 344 g/mol. The maximum atomic E-state index is 11.8. The van der Waals surface area contributed by atoms with Crippen LogP contribution in [0.3, 0.4) is 0 Å². The molecule has 0 aliphatic heterocycles. The number of carbonyl (C=O) groups is 2. The van der Waals surface area contributed by atoms with Crippen molar-refractivity contribution in [3.63, 3.8) is 0 Å². The lowest BCUT2D eigenvalue weighted by atomic mass is 10.4. The van der Waals surface area contributed by atoms with E-state index in [2.05, 4.69) is 26.2 Å². The van der Waals surface area contributed by atoms with Crippen LogP contribution in [-0.4, -0.2) is 48.5 Å². The molecule has 20 heavy (non-hydrogen) atoms. The van der Waals surface area contributed by atoms with E-state index in [1.54, 1.807) is 37.2 Å². The lowest BCUT2D eigenvalue weighted by molar-refractivity contribution is -0.143. The molecule has 0 aromatic carbocycles. The molecule has 1 N–H and O–H groups in total. The zero-order valence-electron chi connectivity index (χ0n) is 11.6. The standard InChI is InChI=1S/C13H18BrN3O3/c1-3-20-13(19)6-7-17(2)9-12(18)16-11-5-4-10(14)8-15-11/h4-5,8H,3,6-7,9H2,1-2H3,(H,15,16,18). The van der Waals surface area contributed by atoms with Crippen molar-refractivity contribution in [3.05, 3.63) is 22.8 Å². The van der Waals surface area contributed by atoms with Gasteiger partial charge in [0, 0.05) is 17.2 Å². The van der Waals surface area contributed by atoms with Crippen molar-refractivity contribution < 1.29 is 14.3 Å². The maximum Gasteiger partial charge on any atom is 0.307 e. The number of nitrogens with zero attached hydrogens (tertiary/aromatic N) is 2. The third-order valence-corrected chi connectivity index (χ3v) is 2.88. The molecule has 0 atom stereocenters. The minimum absolute atomic E-state index is 0.175. The van der Waals surface area contributed by atoms with Crippen molar-refractivity contribution in [1.82, 2.24) is 9.88 Å². The molecule has 0 bridgehead atoms. The first kappa shape index (κ1) is 16.6. The summed E-state index contributed by atoms with van der Waals surface area (Å²) in [5, 5.41) is 2.68. The van der Waals surface area contributed by atoms with Gasteiger partial charge in [-0.25, -0.2) is 4.98 Å². The first-order valence-electron chi connectivity index (χ1n) is 6.27. The van der Waals surface area contributed by atoms with E-state index in [4.69, 9.17) is 4.74 Å². The molecule has 1 aromatic rings. The molecular weight excluding hydrogens is 326 g/mol. The number of hydrogen-bond donors (Lipinski definition) is 1. The Bertz CT molecular complexity index is 451. The molecule has 0 radical (unpaired) electrons. The second-order valence-corrected chi connectivity index (χ2v) is 5.12. The van der Waals surface area contributed by atoms with Crippen LogP contribution in [0.15, 0.2) is 22.8 Å². The number of aromatic nitrogens is 1. The predicted molar refractivity (Wildman–Crippen MR) is 79.3 cm³/mol. The summed E-state index contributed by atoms with van der Waals surface area (Å²) in [5.74, 6) is 0.0671. The third-order valence-electron chi connectivity index (χ3n) is 2.41. The number of anilines is 1. The summed E-state index contributed by atoms with van der Waals surface area (Å²) in [6.07, 6.45) is 1.88. The highest BCUT2D eigenvalue weighted by atomic mass is 79.9. The van der Waals surface area contributed by atoms with E-state index in [0.29, 0.717) is 19.0 Å². The second-order valence-electron chi connectivity index (χ2n) is 4.20. The minimum Gasteiger partial charge on any atom is -0.466 e. The van der Waals surface area contributed by atoms with Crippen LogP contribution in [0.1, 0.15) is 13.3 Å². The number of pyridine rings is 1. The summed E-state index contributed by atoms with van der Waals surface area (Å²) >= 11 is 3.27. The van der Waals surface area contributed by atoms with E-state index in [0.717, 1.165) is 4.47 Å². The molecule has 1 heterocycles. The van der Waals surface area contributed by atoms with Crippen molar-refractivity contribution >= 4 is 33.6 Å². The van der Waals surface area contributed by atoms with Crippen LogP contribution in [0.4, 0.5) is 5.82 Å². The summed E-state index contributed by atoms with van der Waals surface area (Å²) in [6.45, 7) is 2.80. The highest BCUT2D eigenvalue weighted by Crippen LogP contribution is 2.10. The van der Waals surface area contributed by atoms with Gasteiger partial charge in [-0.2, -0.15) is 0 Å². The van der Waals surface area contributed by atoms with Gasteiger partial charge in [0.2, 0.25) is 5.91 Å². The smallest absolute Gasteiger partial charge is 0.307 e. The molecule has 1 amide bonds. The molecule has 0 saturated carbocycles. The van der Waals surface area contributed by atoms with Crippen molar-refractivity contribution in [1.29, 1.82) is 0 Å². The fraction of sp³-hybridized carbons (Fsp3) is 0.462. The number of rotatable bonds is 7. The molecule has 6 nitrogen and oxygen atoms in total. The van der Waals surface area contributed by atoms with Gasteiger partial charge < -0.3 is 10.1 Å². The van der Waals surface area contributed by atoms with E-state index in [1.165, 1.54) is 0 Å². The van der Waals surface area contributed by atoms with E-state index in [9.17, 15) is 9.59 Å². The van der Waals surface area contributed by atoms with Gasteiger partial charge in [-0.15, -0.1) is 0 Å². The van der Waals surface area contributed by atoms with E-state index in [1.807, 2.05) is 0 Å². The van der Waals surface area contributed by atoms with E-state index in [-0.39, 0.29) is 24.8 Å². The number of likely N-dealkylation sites (N-methyl/N-ethyl adjacent to an activating group) is 1. The lowest BCUT2D eigenvalue weighted by Gasteiger charge is -2.15. The minimum atomic E-state index is -0.255.